The lowest BCUT2D eigenvalue weighted by molar-refractivity contribution is -0.143. The Morgan fingerprint density at radius 3 is 2.62 bits per heavy atom. The van der Waals surface area contributed by atoms with Gasteiger partial charge in [-0.3, -0.25) is 9.89 Å². The molecule has 0 spiro atoms. The SMILES string of the molecule is CN=C(NCC1CCN(CC(F)(F)F)C1)N1CCC(c2ccccc2)C1. The van der Waals surface area contributed by atoms with Crippen LogP contribution in [0.15, 0.2) is 35.3 Å². The van der Waals surface area contributed by atoms with Gasteiger partial charge in [0, 0.05) is 39.1 Å². The Morgan fingerprint density at radius 1 is 1.15 bits per heavy atom. The van der Waals surface area contributed by atoms with E-state index in [1.165, 1.54) is 10.5 Å². The van der Waals surface area contributed by atoms with Gasteiger partial charge in [-0.15, -0.1) is 0 Å². The number of nitrogens with zero attached hydrogens (tertiary/aromatic N) is 3. The first-order valence-corrected chi connectivity index (χ1v) is 9.24. The van der Waals surface area contributed by atoms with Gasteiger partial charge in [-0.25, -0.2) is 0 Å². The lowest BCUT2D eigenvalue weighted by Gasteiger charge is -2.23. The summed E-state index contributed by atoms with van der Waals surface area (Å²) in [6.45, 7) is 2.76. The van der Waals surface area contributed by atoms with Gasteiger partial charge in [-0.05, 0) is 30.9 Å². The molecule has 4 nitrogen and oxygen atoms in total. The van der Waals surface area contributed by atoms with Crippen LogP contribution in [0, 0.1) is 5.92 Å². The van der Waals surface area contributed by atoms with E-state index in [9.17, 15) is 13.2 Å². The number of halogens is 3. The van der Waals surface area contributed by atoms with Gasteiger partial charge >= 0.3 is 6.18 Å². The van der Waals surface area contributed by atoms with Crippen molar-refractivity contribution in [1.82, 2.24) is 15.1 Å². The second kappa shape index (κ2) is 8.29. The molecular formula is C19H27F3N4. The summed E-state index contributed by atoms with van der Waals surface area (Å²) in [5.74, 6) is 1.60. The van der Waals surface area contributed by atoms with E-state index in [2.05, 4.69) is 39.5 Å². The Balaban J connectivity index is 1.46. The maximum atomic E-state index is 12.5. The van der Waals surface area contributed by atoms with Gasteiger partial charge < -0.3 is 10.2 Å². The molecule has 144 valence electrons. The average Bonchev–Trinajstić information content (AvgIpc) is 3.25. The van der Waals surface area contributed by atoms with Crippen LogP contribution in [0.2, 0.25) is 0 Å². The summed E-state index contributed by atoms with van der Waals surface area (Å²) in [7, 11) is 1.77. The minimum absolute atomic E-state index is 0.238. The number of likely N-dealkylation sites (tertiary alicyclic amines) is 2. The van der Waals surface area contributed by atoms with E-state index >= 15 is 0 Å². The van der Waals surface area contributed by atoms with Gasteiger partial charge in [0.25, 0.3) is 0 Å². The van der Waals surface area contributed by atoms with Crippen LogP contribution < -0.4 is 5.32 Å². The summed E-state index contributed by atoms with van der Waals surface area (Å²) < 4.78 is 37.5. The number of guanidine groups is 1. The number of hydrogen-bond acceptors (Lipinski definition) is 2. The Kier molecular flexibility index (Phi) is 6.06. The maximum absolute atomic E-state index is 12.5. The molecule has 26 heavy (non-hydrogen) atoms. The van der Waals surface area contributed by atoms with Gasteiger partial charge in [0.1, 0.15) is 0 Å². The molecule has 3 rings (SSSR count). The summed E-state index contributed by atoms with van der Waals surface area (Å²) in [5, 5.41) is 3.38. The molecule has 0 amide bonds. The van der Waals surface area contributed by atoms with Crippen LogP contribution >= 0.6 is 0 Å². The normalized spacial score (nSPS) is 25.1. The monoisotopic (exact) mass is 368 g/mol. The molecule has 1 N–H and O–H groups in total. The number of aliphatic imine (C=N–C) groups is 1. The molecule has 2 fully saturated rings. The third-order valence-electron chi connectivity index (χ3n) is 5.29. The molecule has 0 aliphatic carbocycles. The number of nitrogens with one attached hydrogen (secondary N) is 1. The Morgan fingerprint density at radius 2 is 1.92 bits per heavy atom. The highest BCUT2D eigenvalue weighted by Gasteiger charge is 2.34. The van der Waals surface area contributed by atoms with E-state index in [-0.39, 0.29) is 5.92 Å². The Hall–Kier alpha value is -1.76. The van der Waals surface area contributed by atoms with Crippen molar-refractivity contribution in [3.63, 3.8) is 0 Å². The standard InChI is InChI=1S/C19H27F3N4/c1-23-18(24-11-15-7-9-25(12-15)14-19(20,21)22)26-10-8-17(13-26)16-5-3-2-4-6-16/h2-6,15,17H,7-14H2,1H3,(H,23,24). The average molecular weight is 368 g/mol. The third kappa shape index (κ3) is 5.13. The molecule has 7 heteroatoms. The highest BCUT2D eigenvalue weighted by Crippen LogP contribution is 2.27. The van der Waals surface area contributed by atoms with Crippen LogP contribution in [0.5, 0.6) is 0 Å². The Labute approximate surface area is 153 Å². The first-order valence-electron chi connectivity index (χ1n) is 9.24. The topological polar surface area (TPSA) is 30.9 Å². The zero-order valence-electron chi connectivity index (χ0n) is 15.2. The molecule has 2 aliphatic rings. The fraction of sp³-hybridized carbons (Fsp3) is 0.632. The molecule has 1 aromatic rings. The zero-order chi connectivity index (χ0) is 18.6. The largest absolute Gasteiger partial charge is 0.401 e. The second-order valence-corrected chi connectivity index (χ2v) is 7.28. The van der Waals surface area contributed by atoms with Crippen LogP contribution in [-0.2, 0) is 0 Å². The molecule has 2 aliphatic heterocycles. The molecule has 2 saturated heterocycles. The molecule has 0 radical (unpaired) electrons. The molecule has 0 bridgehead atoms. The molecule has 2 heterocycles. The van der Waals surface area contributed by atoms with Gasteiger partial charge in [0.05, 0.1) is 6.54 Å². The Bertz CT molecular complexity index is 603. The van der Waals surface area contributed by atoms with Crippen molar-refractivity contribution in [1.29, 1.82) is 0 Å². The van der Waals surface area contributed by atoms with Crippen molar-refractivity contribution >= 4 is 5.96 Å². The number of alkyl halides is 3. The molecule has 1 aromatic carbocycles. The van der Waals surface area contributed by atoms with Crippen molar-refractivity contribution in [2.24, 2.45) is 10.9 Å². The molecule has 0 aromatic heterocycles. The summed E-state index contributed by atoms with van der Waals surface area (Å²) in [6.07, 6.45) is -2.22. The minimum Gasteiger partial charge on any atom is -0.356 e. The van der Waals surface area contributed by atoms with Gasteiger partial charge in [0.15, 0.2) is 5.96 Å². The maximum Gasteiger partial charge on any atom is 0.401 e. The first-order chi connectivity index (χ1) is 12.4. The van der Waals surface area contributed by atoms with Crippen LogP contribution in [0.25, 0.3) is 0 Å². The minimum atomic E-state index is -4.11. The van der Waals surface area contributed by atoms with Gasteiger partial charge in [-0.1, -0.05) is 30.3 Å². The highest BCUT2D eigenvalue weighted by molar-refractivity contribution is 5.80. The van der Waals surface area contributed by atoms with E-state index < -0.39 is 12.7 Å². The van der Waals surface area contributed by atoms with Crippen molar-refractivity contribution < 1.29 is 13.2 Å². The van der Waals surface area contributed by atoms with Crippen LogP contribution in [-0.4, -0.2) is 68.3 Å². The van der Waals surface area contributed by atoms with E-state index in [1.54, 1.807) is 7.05 Å². The van der Waals surface area contributed by atoms with Crippen molar-refractivity contribution in [3.05, 3.63) is 35.9 Å². The lowest BCUT2D eigenvalue weighted by atomic mass is 9.99. The van der Waals surface area contributed by atoms with E-state index in [0.717, 1.165) is 31.9 Å². The molecule has 2 atom stereocenters. The fourth-order valence-electron chi connectivity index (χ4n) is 3.99. The van der Waals surface area contributed by atoms with Crippen molar-refractivity contribution in [3.8, 4) is 0 Å². The van der Waals surface area contributed by atoms with Gasteiger partial charge in [0.2, 0.25) is 0 Å². The molecule has 2 unspecified atom stereocenters. The predicted molar refractivity (Wildman–Crippen MR) is 97.3 cm³/mol. The van der Waals surface area contributed by atoms with Crippen LogP contribution in [0.4, 0.5) is 13.2 Å². The second-order valence-electron chi connectivity index (χ2n) is 7.28. The number of benzene rings is 1. The van der Waals surface area contributed by atoms with Crippen molar-refractivity contribution in [2.75, 3.05) is 46.3 Å². The molecular weight excluding hydrogens is 341 g/mol. The highest BCUT2D eigenvalue weighted by atomic mass is 19.4. The summed E-state index contributed by atoms with van der Waals surface area (Å²) in [4.78, 5) is 8.12. The van der Waals surface area contributed by atoms with E-state index in [0.29, 0.717) is 25.6 Å². The third-order valence-corrected chi connectivity index (χ3v) is 5.29. The predicted octanol–water partition coefficient (Wildman–Crippen LogP) is 2.94. The quantitative estimate of drug-likeness (QED) is 0.655. The fourth-order valence-corrected chi connectivity index (χ4v) is 3.99. The summed E-state index contributed by atoms with van der Waals surface area (Å²) in [6, 6.07) is 10.5. The van der Waals surface area contributed by atoms with Gasteiger partial charge in [-0.2, -0.15) is 13.2 Å². The lowest BCUT2D eigenvalue weighted by Crippen LogP contribution is -2.42. The van der Waals surface area contributed by atoms with Crippen LogP contribution in [0.1, 0.15) is 24.3 Å². The summed E-state index contributed by atoms with van der Waals surface area (Å²) in [5.41, 5.74) is 1.35. The smallest absolute Gasteiger partial charge is 0.356 e. The molecule has 0 saturated carbocycles. The first kappa shape index (κ1) is 19.0. The summed E-state index contributed by atoms with van der Waals surface area (Å²) >= 11 is 0. The number of rotatable bonds is 4. The van der Waals surface area contributed by atoms with E-state index in [1.807, 2.05) is 6.07 Å². The van der Waals surface area contributed by atoms with Crippen LogP contribution in [0.3, 0.4) is 0 Å². The van der Waals surface area contributed by atoms with Crippen molar-refractivity contribution in [2.45, 2.75) is 24.9 Å². The van der Waals surface area contributed by atoms with E-state index in [4.69, 9.17) is 0 Å². The number of hydrogen-bond donors (Lipinski definition) is 1. The zero-order valence-corrected chi connectivity index (χ0v) is 15.2.